The van der Waals surface area contributed by atoms with E-state index in [0.29, 0.717) is 17.9 Å². The van der Waals surface area contributed by atoms with Crippen LogP contribution in [-0.4, -0.2) is 24.3 Å². The van der Waals surface area contributed by atoms with Gasteiger partial charge in [-0.2, -0.15) is 0 Å². The zero-order valence-electron chi connectivity index (χ0n) is 16.5. The number of carbonyl (C=O) groups is 3. The van der Waals surface area contributed by atoms with Crippen LogP contribution in [0.5, 0.6) is 0 Å². The van der Waals surface area contributed by atoms with Crippen molar-refractivity contribution in [1.29, 1.82) is 0 Å². The number of rotatable bonds is 5. The van der Waals surface area contributed by atoms with Crippen molar-refractivity contribution in [2.45, 2.75) is 40.2 Å². The molecule has 2 aromatic carbocycles. The van der Waals surface area contributed by atoms with Crippen LogP contribution >= 0.6 is 0 Å². The Labute approximate surface area is 164 Å². The highest BCUT2D eigenvalue weighted by molar-refractivity contribution is 6.10. The minimum Gasteiger partial charge on any atom is -0.352 e. The van der Waals surface area contributed by atoms with E-state index < -0.39 is 0 Å². The molecule has 6 nitrogen and oxygen atoms in total. The molecule has 2 aromatic rings. The highest BCUT2D eigenvalue weighted by Gasteiger charge is 2.26. The van der Waals surface area contributed by atoms with Crippen LogP contribution in [0, 0.1) is 20.8 Å². The quantitative estimate of drug-likeness (QED) is 0.838. The third kappa shape index (κ3) is 4.39. The molecule has 1 aliphatic heterocycles. The van der Waals surface area contributed by atoms with Gasteiger partial charge in [-0.15, -0.1) is 0 Å². The average Bonchev–Trinajstić information content (AvgIpc) is 2.64. The summed E-state index contributed by atoms with van der Waals surface area (Å²) < 4.78 is 0. The number of hydrogen-bond acceptors (Lipinski definition) is 3. The lowest BCUT2D eigenvalue weighted by Crippen LogP contribution is -2.42. The van der Waals surface area contributed by atoms with Crippen LogP contribution in [-0.2, 0) is 20.9 Å². The van der Waals surface area contributed by atoms with E-state index in [9.17, 15) is 14.4 Å². The van der Waals surface area contributed by atoms with E-state index in [0.717, 1.165) is 16.7 Å². The van der Waals surface area contributed by atoms with Crippen molar-refractivity contribution in [2.75, 3.05) is 16.8 Å². The van der Waals surface area contributed by atoms with Gasteiger partial charge in [0.25, 0.3) is 0 Å². The van der Waals surface area contributed by atoms with E-state index in [2.05, 4.69) is 22.8 Å². The molecule has 0 saturated carbocycles. The molecule has 0 bridgehead atoms. The first-order valence-electron chi connectivity index (χ1n) is 9.38. The third-order valence-electron chi connectivity index (χ3n) is 4.94. The predicted molar refractivity (Wildman–Crippen MR) is 109 cm³/mol. The topological polar surface area (TPSA) is 78.5 Å². The van der Waals surface area contributed by atoms with E-state index in [4.69, 9.17) is 0 Å². The van der Waals surface area contributed by atoms with Gasteiger partial charge in [0.05, 0.1) is 11.4 Å². The molecule has 3 rings (SSSR count). The van der Waals surface area contributed by atoms with Gasteiger partial charge in [0, 0.05) is 19.4 Å². The number of para-hydroxylation sites is 2. The second kappa shape index (κ2) is 8.25. The molecule has 1 heterocycles. The molecule has 0 spiro atoms. The number of nitrogens with one attached hydrogen (secondary N) is 2. The highest BCUT2D eigenvalue weighted by Crippen LogP contribution is 2.29. The van der Waals surface area contributed by atoms with Gasteiger partial charge in [0.15, 0.2) is 0 Å². The fraction of sp³-hybridized carbons (Fsp3) is 0.318. The van der Waals surface area contributed by atoms with Gasteiger partial charge in [0.2, 0.25) is 17.7 Å². The number of carbonyl (C=O) groups excluding carboxylic acids is 3. The molecular formula is C22H25N3O3. The minimum absolute atomic E-state index is 0.0286. The first-order chi connectivity index (χ1) is 13.3. The van der Waals surface area contributed by atoms with Gasteiger partial charge < -0.3 is 15.5 Å². The van der Waals surface area contributed by atoms with Gasteiger partial charge >= 0.3 is 0 Å². The summed E-state index contributed by atoms with van der Waals surface area (Å²) in [5.41, 5.74) is 5.86. The molecule has 0 aliphatic carbocycles. The molecule has 0 atom stereocenters. The summed E-state index contributed by atoms with van der Waals surface area (Å²) in [5, 5.41) is 5.65. The van der Waals surface area contributed by atoms with Gasteiger partial charge in [-0.3, -0.25) is 14.4 Å². The van der Waals surface area contributed by atoms with Crippen molar-refractivity contribution in [3.8, 4) is 0 Å². The van der Waals surface area contributed by atoms with Crippen LogP contribution in [0.15, 0.2) is 36.4 Å². The number of fused-ring (bicyclic) bond motifs is 1. The van der Waals surface area contributed by atoms with Crippen molar-refractivity contribution in [1.82, 2.24) is 5.32 Å². The molecule has 2 N–H and O–H groups in total. The zero-order chi connectivity index (χ0) is 20.3. The molecular weight excluding hydrogens is 354 g/mol. The zero-order valence-corrected chi connectivity index (χ0v) is 16.5. The molecule has 0 radical (unpaired) electrons. The van der Waals surface area contributed by atoms with Gasteiger partial charge in [-0.25, -0.2) is 0 Å². The molecule has 6 heteroatoms. The third-order valence-corrected chi connectivity index (χ3v) is 4.94. The number of aryl methyl sites for hydroxylation is 3. The molecule has 1 aliphatic rings. The summed E-state index contributed by atoms with van der Waals surface area (Å²) in [4.78, 5) is 38.1. The summed E-state index contributed by atoms with van der Waals surface area (Å²) in [5.74, 6) is -0.649. The Hall–Kier alpha value is -3.15. The van der Waals surface area contributed by atoms with Gasteiger partial charge in [0.1, 0.15) is 6.54 Å². The molecule has 3 amide bonds. The van der Waals surface area contributed by atoms with Gasteiger partial charge in [-0.05, 0) is 49.6 Å². The van der Waals surface area contributed by atoms with Crippen molar-refractivity contribution in [3.05, 3.63) is 58.7 Å². The maximum Gasteiger partial charge on any atom is 0.244 e. The number of nitrogens with zero attached hydrogens (tertiary/aromatic N) is 1. The lowest BCUT2D eigenvalue weighted by molar-refractivity contribution is -0.125. The minimum atomic E-state index is -0.236. The number of hydrogen-bond donors (Lipinski definition) is 2. The first-order valence-corrected chi connectivity index (χ1v) is 9.38. The Morgan fingerprint density at radius 2 is 1.75 bits per heavy atom. The first kappa shape index (κ1) is 19.6. The molecule has 28 heavy (non-hydrogen) atoms. The Morgan fingerprint density at radius 1 is 1.07 bits per heavy atom. The van der Waals surface area contributed by atoms with Crippen molar-refractivity contribution >= 4 is 29.1 Å². The summed E-state index contributed by atoms with van der Waals surface area (Å²) in [6.45, 7) is 6.53. The summed E-state index contributed by atoms with van der Waals surface area (Å²) in [6.07, 6.45) is 0.141. The Kier molecular flexibility index (Phi) is 5.78. The van der Waals surface area contributed by atoms with Crippen LogP contribution in [0.2, 0.25) is 0 Å². The Bertz CT molecular complexity index is 913. The van der Waals surface area contributed by atoms with Crippen LogP contribution in [0.1, 0.15) is 35.1 Å². The van der Waals surface area contributed by atoms with E-state index in [1.807, 2.05) is 26.8 Å². The SMILES string of the molecule is Cc1cc(C)c(CNC(=O)CCC(=O)N2CC(=O)Nc3ccccc32)c(C)c1. The average molecular weight is 379 g/mol. The second-order valence-electron chi connectivity index (χ2n) is 7.20. The monoisotopic (exact) mass is 379 g/mol. The lowest BCUT2D eigenvalue weighted by Gasteiger charge is -2.29. The summed E-state index contributed by atoms with van der Waals surface area (Å²) in [6, 6.07) is 11.3. The number of amides is 3. The molecule has 0 fully saturated rings. The van der Waals surface area contributed by atoms with Crippen LogP contribution in [0.25, 0.3) is 0 Å². The van der Waals surface area contributed by atoms with Crippen molar-refractivity contribution in [2.24, 2.45) is 0 Å². The summed E-state index contributed by atoms with van der Waals surface area (Å²) >= 11 is 0. The number of anilines is 2. The maximum atomic E-state index is 12.6. The fourth-order valence-corrected chi connectivity index (χ4v) is 3.58. The van der Waals surface area contributed by atoms with Crippen molar-refractivity contribution in [3.63, 3.8) is 0 Å². The molecule has 146 valence electrons. The summed E-state index contributed by atoms with van der Waals surface area (Å²) in [7, 11) is 0. The largest absolute Gasteiger partial charge is 0.352 e. The van der Waals surface area contributed by atoms with Crippen LogP contribution in [0.4, 0.5) is 11.4 Å². The van der Waals surface area contributed by atoms with Crippen LogP contribution < -0.4 is 15.5 Å². The predicted octanol–water partition coefficient (Wildman–Crippen LogP) is 2.99. The van der Waals surface area contributed by atoms with E-state index >= 15 is 0 Å². The standard InChI is InChI=1S/C22H25N3O3/c1-14-10-15(2)17(16(3)11-14)12-23-20(26)8-9-22(28)25-13-21(27)24-18-6-4-5-7-19(18)25/h4-7,10-11H,8-9,12-13H2,1-3H3,(H,23,26)(H,24,27). The highest BCUT2D eigenvalue weighted by atomic mass is 16.2. The Balaban J connectivity index is 1.57. The molecule has 0 unspecified atom stereocenters. The maximum absolute atomic E-state index is 12.6. The number of benzene rings is 2. The normalized spacial score (nSPS) is 13.0. The Morgan fingerprint density at radius 3 is 2.46 bits per heavy atom. The molecule has 0 saturated heterocycles. The lowest BCUT2D eigenvalue weighted by atomic mass is 10.00. The van der Waals surface area contributed by atoms with Gasteiger partial charge in [-0.1, -0.05) is 29.8 Å². The van der Waals surface area contributed by atoms with Crippen LogP contribution in [0.3, 0.4) is 0 Å². The smallest absolute Gasteiger partial charge is 0.244 e. The van der Waals surface area contributed by atoms with E-state index in [1.54, 1.807) is 18.2 Å². The van der Waals surface area contributed by atoms with Crippen molar-refractivity contribution < 1.29 is 14.4 Å². The van der Waals surface area contributed by atoms with E-state index in [1.165, 1.54) is 10.5 Å². The second-order valence-corrected chi connectivity index (χ2v) is 7.20. The van der Waals surface area contributed by atoms with E-state index in [-0.39, 0.29) is 37.1 Å². The fourth-order valence-electron chi connectivity index (χ4n) is 3.58. The molecule has 0 aromatic heterocycles.